The summed E-state index contributed by atoms with van der Waals surface area (Å²) in [5.74, 6) is 0.883. The fourth-order valence-electron chi connectivity index (χ4n) is 11.5. The summed E-state index contributed by atoms with van der Waals surface area (Å²) in [6.07, 6.45) is 25.2. The minimum atomic E-state index is 0.123. The van der Waals surface area contributed by atoms with Crippen LogP contribution in [0.4, 0.5) is 0 Å². The maximum Gasteiger partial charge on any atom is 0.145 e. The highest BCUT2D eigenvalue weighted by Crippen LogP contribution is 2.48. The molecule has 5 heteroatoms. The molecule has 0 radical (unpaired) electrons. The van der Waals surface area contributed by atoms with Crippen LogP contribution in [0.3, 0.4) is 0 Å². The Morgan fingerprint density at radius 1 is 0.640 bits per heavy atom. The fourth-order valence-corrected chi connectivity index (χ4v) is 11.5. The van der Waals surface area contributed by atoms with E-state index >= 15 is 0 Å². The van der Waals surface area contributed by atoms with Gasteiger partial charge in [0.1, 0.15) is 5.82 Å². The number of hydrogen-bond acceptors (Lipinski definition) is 4. The van der Waals surface area contributed by atoms with E-state index in [9.17, 15) is 0 Å². The lowest BCUT2D eigenvalue weighted by Gasteiger charge is -2.24. The van der Waals surface area contributed by atoms with E-state index in [-0.39, 0.29) is 6.04 Å². The highest BCUT2D eigenvalue weighted by molar-refractivity contribution is 8.59. The molecule has 86 heavy (non-hydrogen) atoms. The maximum atomic E-state index is 5.40. The lowest BCUT2D eigenvalue weighted by molar-refractivity contribution is 0.662. The largest absolute Gasteiger partial charge is 0.378 e. The Hall–Kier alpha value is -9.61. The van der Waals surface area contributed by atoms with Gasteiger partial charge in [-0.2, -0.15) is 0 Å². The normalized spacial score (nSPS) is 13.1. The van der Waals surface area contributed by atoms with Gasteiger partial charge < -0.3 is 5.32 Å². The molecule has 0 saturated carbocycles. The highest BCUT2D eigenvalue weighted by atomic mass is 33.1. The molecule has 0 fully saturated rings. The summed E-state index contributed by atoms with van der Waals surface area (Å²) in [6.45, 7) is 21.9. The standard InChI is InChI=1S/C81H69N3.H2S2/c1-9-11-29-57(5)69-38-25-27-40-72(69)80-70(49-42-56(4)61-43-45-62(46-44-61)58(6)52-76(55(3)10-2)82-60(8)63-30-17-14-18-31-63)59(7)79(73-41-28-26-39-71(73)64-32-19-15-20-33-64)74-50-47-66(53-75(74)80)67-48-51-78-77(54-67)83-81(65-34-21-16-22-35-65)84(78)68-36-23-12-13-24-37-68;1-2/h9-12,14-54,60,82H,2,4H2,1,3,5-8H3;1-2H/b11-9-,49-42-,57-29+,58-52+,76-55+;. The van der Waals surface area contributed by atoms with Crippen molar-refractivity contribution >= 4 is 73.6 Å². The van der Waals surface area contributed by atoms with E-state index in [0.717, 1.165) is 94.9 Å². The number of nitrogens with one attached hydrogen (secondary N) is 1. The predicted molar refractivity (Wildman–Crippen MR) is 381 cm³/mol. The van der Waals surface area contributed by atoms with E-state index in [1.807, 2.05) is 30.4 Å². The summed E-state index contributed by atoms with van der Waals surface area (Å²) in [4.78, 5) is 5.40. The number of imidazole rings is 1. The van der Waals surface area contributed by atoms with E-state index in [2.05, 4.69) is 330 Å². The molecule has 0 bridgehead atoms. The Morgan fingerprint density at radius 3 is 1.98 bits per heavy atom. The monoisotopic (exact) mass is 1150 g/mol. The van der Waals surface area contributed by atoms with Crippen LogP contribution in [0.15, 0.2) is 297 Å². The molecule has 1 heterocycles. The molecule has 0 aliphatic heterocycles. The average molecular weight is 1150 g/mol. The van der Waals surface area contributed by atoms with Gasteiger partial charge in [0.25, 0.3) is 0 Å². The van der Waals surface area contributed by atoms with Crippen LogP contribution >= 0.6 is 23.3 Å². The SMILES string of the molecule is C=C/C(C)=C(\C=C(/C)c1ccc(C(=C)/C=C\c2c(C)c(-c3ccccc3-c3ccccc3)c3ccc(-c4ccc5c(c4)nc(-c4ccccc4)n5C4=CC=C=CC=C4)cc3c2-c2ccccc2/C(C)=C/C=C\C)cc1)NC(C)c1ccccc1.SS. The van der Waals surface area contributed by atoms with Gasteiger partial charge in [-0.05, 0) is 201 Å². The molecule has 1 atom stereocenters. The van der Waals surface area contributed by atoms with E-state index in [0.29, 0.717) is 0 Å². The number of allylic oxidation sites excluding steroid dienone is 15. The van der Waals surface area contributed by atoms with E-state index in [4.69, 9.17) is 11.6 Å². The first-order valence-corrected chi connectivity index (χ1v) is 30.7. The van der Waals surface area contributed by atoms with Crippen molar-refractivity contribution < 1.29 is 0 Å². The summed E-state index contributed by atoms with van der Waals surface area (Å²) in [6, 6.07) is 72.2. The second-order valence-corrected chi connectivity index (χ2v) is 21.5. The van der Waals surface area contributed by atoms with Crippen LogP contribution in [0, 0.1) is 6.92 Å². The van der Waals surface area contributed by atoms with Gasteiger partial charge in [0.15, 0.2) is 0 Å². The number of thiol groups is 2. The Balaban J connectivity index is 0.00000406. The molecule has 1 N–H and O–H groups in total. The van der Waals surface area contributed by atoms with Crippen molar-refractivity contribution in [1.29, 1.82) is 0 Å². The van der Waals surface area contributed by atoms with Crippen LogP contribution in [0.2, 0.25) is 0 Å². The molecule has 1 aromatic heterocycles. The minimum absolute atomic E-state index is 0.123. The molecule has 1 aliphatic rings. The third-order valence-corrected chi connectivity index (χ3v) is 16.1. The summed E-state index contributed by atoms with van der Waals surface area (Å²) in [5, 5.41) is 6.07. The van der Waals surface area contributed by atoms with Crippen molar-refractivity contribution in [2.75, 3.05) is 0 Å². The zero-order valence-electron chi connectivity index (χ0n) is 49.8. The number of rotatable bonds is 17. The second-order valence-electron chi connectivity index (χ2n) is 21.5. The predicted octanol–water partition coefficient (Wildman–Crippen LogP) is 22.6. The lowest BCUT2D eigenvalue weighted by atomic mass is 9.80. The number of fused-ring (bicyclic) bond motifs is 2. The Labute approximate surface area is 519 Å². The molecule has 1 unspecified atom stereocenters. The van der Waals surface area contributed by atoms with E-state index in [1.54, 1.807) is 0 Å². The molecule has 9 aromatic carbocycles. The van der Waals surface area contributed by atoms with Crippen molar-refractivity contribution in [2.24, 2.45) is 0 Å². The molecule has 422 valence electrons. The number of hydrogen-bond donors (Lipinski definition) is 3. The van der Waals surface area contributed by atoms with Crippen molar-refractivity contribution in [3.63, 3.8) is 0 Å². The van der Waals surface area contributed by atoms with Gasteiger partial charge in [0.2, 0.25) is 0 Å². The number of nitrogens with zero attached hydrogens (tertiary/aromatic N) is 2. The minimum Gasteiger partial charge on any atom is -0.378 e. The summed E-state index contributed by atoms with van der Waals surface area (Å²) >= 11 is 6.44. The highest BCUT2D eigenvalue weighted by Gasteiger charge is 2.24. The van der Waals surface area contributed by atoms with Crippen molar-refractivity contribution in [3.05, 3.63) is 331 Å². The molecule has 3 nitrogen and oxygen atoms in total. The Kier molecular flexibility index (Phi) is 19.3. The molecular weight excluding hydrogens is 1080 g/mol. The van der Waals surface area contributed by atoms with Crippen LogP contribution in [-0.4, -0.2) is 9.55 Å². The maximum absolute atomic E-state index is 5.40. The molecular formula is C81H71N3S2. The summed E-state index contributed by atoms with van der Waals surface area (Å²) in [7, 11) is 0. The zero-order valence-corrected chi connectivity index (χ0v) is 51.6. The smallest absolute Gasteiger partial charge is 0.145 e. The molecule has 11 rings (SSSR count). The van der Waals surface area contributed by atoms with Gasteiger partial charge in [0, 0.05) is 23.0 Å². The summed E-state index contributed by atoms with van der Waals surface area (Å²) in [5.41, 5.74) is 28.7. The van der Waals surface area contributed by atoms with Crippen molar-refractivity contribution in [3.8, 4) is 55.9 Å². The summed E-state index contributed by atoms with van der Waals surface area (Å²) < 4.78 is 2.26. The Bertz CT molecular complexity index is 4440. The molecule has 0 amide bonds. The third-order valence-electron chi connectivity index (χ3n) is 16.1. The van der Waals surface area contributed by atoms with E-state index in [1.165, 1.54) is 49.9 Å². The van der Waals surface area contributed by atoms with Crippen molar-refractivity contribution in [2.45, 2.75) is 47.6 Å². The van der Waals surface area contributed by atoms with Gasteiger partial charge in [-0.1, -0.05) is 238 Å². The van der Waals surface area contributed by atoms with Crippen LogP contribution in [0.5, 0.6) is 0 Å². The van der Waals surface area contributed by atoms with Crippen molar-refractivity contribution in [1.82, 2.24) is 14.9 Å². The topological polar surface area (TPSA) is 29.9 Å². The molecule has 0 saturated heterocycles. The number of aromatic nitrogens is 2. The Morgan fingerprint density at radius 2 is 1.27 bits per heavy atom. The first-order valence-electron chi connectivity index (χ1n) is 29.1. The quantitative estimate of drug-likeness (QED) is 0.0367. The molecule has 1 aliphatic carbocycles. The fraction of sp³-hybridized carbons (Fsp3) is 0.0864. The van der Waals surface area contributed by atoms with Crippen LogP contribution in [0.1, 0.15) is 74.0 Å². The molecule has 10 aromatic rings. The third kappa shape index (κ3) is 12.9. The zero-order chi connectivity index (χ0) is 60.1. The average Bonchev–Trinajstić information content (AvgIpc) is 1.94. The van der Waals surface area contributed by atoms with E-state index < -0.39 is 0 Å². The van der Waals surface area contributed by atoms with Gasteiger partial charge >= 0.3 is 0 Å². The van der Waals surface area contributed by atoms with Crippen LogP contribution in [0.25, 0.3) is 106 Å². The number of benzene rings is 9. The van der Waals surface area contributed by atoms with Gasteiger partial charge in [-0.25, -0.2) is 4.98 Å². The second kappa shape index (κ2) is 27.9. The van der Waals surface area contributed by atoms with Gasteiger partial charge in [-0.15, -0.1) is 29.1 Å². The first-order chi connectivity index (χ1) is 42.1. The lowest BCUT2D eigenvalue weighted by Crippen LogP contribution is -2.18. The van der Waals surface area contributed by atoms with Gasteiger partial charge in [0.05, 0.1) is 11.0 Å². The first kappa shape index (κ1) is 59.5. The van der Waals surface area contributed by atoms with Crippen LogP contribution < -0.4 is 5.32 Å². The molecule has 0 spiro atoms. The van der Waals surface area contributed by atoms with Crippen LogP contribution in [-0.2, 0) is 0 Å². The van der Waals surface area contributed by atoms with Gasteiger partial charge in [-0.3, -0.25) is 4.57 Å².